The first kappa shape index (κ1) is 11.0. The molecule has 0 fully saturated rings. The summed E-state index contributed by atoms with van der Waals surface area (Å²) < 4.78 is 8.48. The number of hydrogen-bond acceptors (Lipinski definition) is 2. The molecule has 0 unspecified atom stereocenters. The molecule has 2 aromatic rings. The zero-order chi connectivity index (χ0) is 11.5. The molecule has 86 valence electrons. The van der Waals surface area contributed by atoms with E-state index in [2.05, 4.69) is 0 Å². The molecule has 0 aliphatic rings. The smallest absolute Gasteiger partial charge is 0.328 e. The highest BCUT2D eigenvalue weighted by molar-refractivity contribution is 5.75. The van der Waals surface area contributed by atoms with Gasteiger partial charge in [-0.05, 0) is 18.6 Å². The van der Waals surface area contributed by atoms with Crippen LogP contribution in [0.25, 0.3) is 11.0 Å². The zero-order valence-corrected chi connectivity index (χ0v) is 9.64. The Hall–Kier alpha value is -1.55. The molecule has 2 rings (SSSR count). The van der Waals surface area contributed by atoms with Gasteiger partial charge in [-0.1, -0.05) is 12.1 Å². The molecule has 1 aromatic heterocycles. The van der Waals surface area contributed by atoms with Crippen LogP contribution in [0.5, 0.6) is 0 Å². The van der Waals surface area contributed by atoms with Crippen LogP contribution in [0.2, 0.25) is 0 Å². The maximum absolute atomic E-state index is 12.0. The average Bonchev–Trinajstić information content (AvgIpc) is 2.55. The minimum Gasteiger partial charge on any atom is -0.385 e. The first-order valence-electron chi connectivity index (χ1n) is 5.39. The van der Waals surface area contributed by atoms with Crippen LogP contribution in [-0.4, -0.2) is 22.9 Å². The van der Waals surface area contributed by atoms with Crippen molar-refractivity contribution in [1.29, 1.82) is 0 Å². The summed E-state index contributed by atoms with van der Waals surface area (Å²) in [5, 5.41) is 0. The highest BCUT2D eigenvalue weighted by Crippen LogP contribution is 2.11. The number of rotatable bonds is 4. The maximum Gasteiger partial charge on any atom is 0.328 e. The number of methoxy groups -OCH3 is 1. The summed E-state index contributed by atoms with van der Waals surface area (Å²) in [6.07, 6.45) is 0.852. The van der Waals surface area contributed by atoms with Crippen molar-refractivity contribution in [3.05, 3.63) is 34.7 Å². The zero-order valence-electron chi connectivity index (χ0n) is 9.64. The molecule has 1 heterocycles. The van der Waals surface area contributed by atoms with E-state index in [1.807, 2.05) is 24.3 Å². The first-order chi connectivity index (χ1) is 7.75. The molecule has 16 heavy (non-hydrogen) atoms. The number of aryl methyl sites for hydroxylation is 2. The van der Waals surface area contributed by atoms with Gasteiger partial charge in [0.1, 0.15) is 0 Å². The highest BCUT2D eigenvalue weighted by Gasteiger charge is 2.08. The minimum absolute atomic E-state index is 0.0392. The van der Waals surface area contributed by atoms with Crippen LogP contribution in [0.3, 0.4) is 0 Å². The number of ether oxygens (including phenoxy) is 1. The van der Waals surface area contributed by atoms with Gasteiger partial charge in [0.25, 0.3) is 0 Å². The quantitative estimate of drug-likeness (QED) is 0.730. The second kappa shape index (κ2) is 4.53. The van der Waals surface area contributed by atoms with Gasteiger partial charge < -0.3 is 4.74 Å². The van der Waals surface area contributed by atoms with Gasteiger partial charge in [0.15, 0.2) is 0 Å². The monoisotopic (exact) mass is 220 g/mol. The average molecular weight is 220 g/mol. The van der Waals surface area contributed by atoms with Crippen molar-refractivity contribution in [3.8, 4) is 0 Å². The Morgan fingerprint density at radius 3 is 2.62 bits per heavy atom. The van der Waals surface area contributed by atoms with Crippen molar-refractivity contribution in [2.75, 3.05) is 13.7 Å². The summed E-state index contributed by atoms with van der Waals surface area (Å²) in [7, 11) is 3.48. The summed E-state index contributed by atoms with van der Waals surface area (Å²) in [5.41, 5.74) is 2.01. The van der Waals surface area contributed by atoms with E-state index < -0.39 is 0 Å². The summed E-state index contributed by atoms with van der Waals surface area (Å²) in [5.74, 6) is 0. The molecule has 0 amide bonds. The Bertz CT molecular complexity index is 539. The molecule has 0 atom stereocenters. The lowest BCUT2D eigenvalue weighted by Crippen LogP contribution is -2.22. The number of hydrogen-bond donors (Lipinski definition) is 0. The lowest BCUT2D eigenvalue weighted by Gasteiger charge is -2.01. The molecule has 0 N–H and O–H groups in total. The van der Waals surface area contributed by atoms with E-state index >= 15 is 0 Å². The molecule has 0 spiro atoms. The van der Waals surface area contributed by atoms with E-state index in [0.29, 0.717) is 13.2 Å². The highest BCUT2D eigenvalue weighted by atomic mass is 16.5. The molecule has 0 aliphatic heterocycles. The lowest BCUT2D eigenvalue weighted by molar-refractivity contribution is 0.190. The van der Waals surface area contributed by atoms with Gasteiger partial charge in [0.05, 0.1) is 11.0 Å². The van der Waals surface area contributed by atoms with Crippen molar-refractivity contribution >= 4 is 11.0 Å². The number of benzene rings is 1. The first-order valence-corrected chi connectivity index (χ1v) is 5.39. The number of aromatic nitrogens is 2. The number of fused-ring (bicyclic) bond motifs is 1. The predicted octanol–water partition coefficient (Wildman–Crippen LogP) is 1.38. The van der Waals surface area contributed by atoms with Gasteiger partial charge in [-0.25, -0.2) is 4.79 Å². The molecule has 0 aliphatic carbocycles. The van der Waals surface area contributed by atoms with Crippen molar-refractivity contribution in [1.82, 2.24) is 9.13 Å². The molecule has 0 saturated carbocycles. The van der Waals surface area contributed by atoms with Crippen LogP contribution in [0.15, 0.2) is 29.1 Å². The Kier molecular flexibility index (Phi) is 3.10. The van der Waals surface area contributed by atoms with Crippen LogP contribution in [0.1, 0.15) is 6.42 Å². The fourth-order valence-electron chi connectivity index (χ4n) is 1.95. The number of nitrogens with zero attached hydrogens (tertiary/aromatic N) is 2. The van der Waals surface area contributed by atoms with Gasteiger partial charge in [0.2, 0.25) is 0 Å². The summed E-state index contributed by atoms with van der Waals surface area (Å²) in [4.78, 5) is 12.0. The van der Waals surface area contributed by atoms with E-state index in [1.54, 1.807) is 23.3 Å². The third-order valence-electron chi connectivity index (χ3n) is 2.78. The van der Waals surface area contributed by atoms with E-state index in [1.165, 1.54) is 0 Å². The lowest BCUT2D eigenvalue weighted by atomic mass is 10.3. The molecule has 1 aromatic carbocycles. The molecule has 4 heteroatoms. The van der Waals surface area contributed by atoms with E-state index in [4.69, 9.17) is 4.74 Å². The second-order valence-corrected chi connectivity index (χ2v) is 3.83. The standard InChI is InChI=1S/C12H16N2O2/c1-13-10-6-3-4-7-11(10)14(12(13)15)8-5-9-16-2/h3-4,6-7H,5,8-9H2,1-2H3. The van der Waals surface area contributed by atoms with Gasteiger partial charge in [0, 0.05) is 27.3 Å². The third-order valence-corrected chi connectivity index (χ3v) is 2.78. The van der Waals surface area contributed by atoms with E-state index in [0.717, 1.165) is 17.5 Å². The molecule has 0 saturated heterocycles. The molecular weight excluding hydrogens is 204 g/mol. The topological polar surface area (TPSA) is 36.2 Å². The van der Waals surface area contributed by atoms with Crippen LogP contribution in [-0.2, 0) is 18.3 Å². The van der Waals surface area contributed by atoms with Crippen LogP contribution < -0.4 is 5.69 Å². The predicted molar refractivity (Wildman–Crippen MR) is 63.7 cm³/mol. The minimum atomic E-state index is 0.0392. The fraction of sp³-hybridized carbons (Fsp3) is 0.417. The van der Waals surface area contributed by atoms with Crippen LogP contribution in [0.4, 0.5) is 0 Å². The van der Waals surface area contributed by atoms with Crippen molar-refractivity contribution in [3.63, 3.8) is 0 Å². The van der Waals surface area contributed by atoms with Gasteiger partial charge in [-0.3, -0.25) is 9.13 Å². The van der Waals surface area contributed by atoms with Crippen molar-refractivity contribution < 1.29 is 4.74 Å². The Morgan fingerprint density at radius 2 is 1.94 bits per heavy atom. The van der Waals surface area contributed by atoms with E-state index in [-0.39, 0.29) is 5.69 Å². The molecule has 0 bridgehead atoms. The number of para-hydroxylation sites is 2. The SMILES string of the molecule is COCCCn1c(=O)n(C)c2ccccc21. The number of imidazole rings is 1. The maximum atomic E-state index is 12.0. The molecule has 0 radical (unpaired) electrons. The molecular formula is C12H16N2O2. The van der Waals surface area contributed by atoms with Gasteiger partial charge >= 0.3 is 5.69 Å². The van der Waals surface area contributed by atoms with Gasteiger partial charge in [-0.2, -0.15) is 0 Å². The Morgan fingerprint density at radius 1 is 1.25 bits per heavy atom. The third kappa shape index (κ3) is 1.76. The Balaban J connectivity index is 2.43. The van der Waals surface area contributed by atoms with Crippen molar-refractivity contribution in [2.24, 2.45) is 7.05 Å². The summed E-state index contributed by atoms with van der Waals surface area (Å²) in [6, 6.07) is 7.84. The van der Waals surface area contributed by atoms with E-state index in [9.17, 15) is 4.79 Å². The van der Waals surface area contributed by atoms with Gasteiger partial charge in [-0.15, -0.1) is 0 Å². The largest absolute Gasteiger partial charge is 0.385 e. The molecule has 4 nitrogen and oxygen atoms in total. The summed E-state index contributed by atoms with van der Waals surface area (Å²) in [6.45, 7) is 1.38. The Labute approximate surface area is 94.1 Å². The van der Waals surface area contributed by atoms with Crippen molar-refractivity contribution in [2.45, 2.75) is 13.0 Å². The second-order valence-electron chi connectivity index (χ2n) is 3.83. The van der Waals surface area contributed by atoms with Crippen LogP contribution >= 0.6 is 0 Å². The fourth-order valence-corrected chi connectivity index (χ4v) is 1.95. The van der Waals surface area contributed by atoms with Crippen LogP contribution in [0, 0.1) is 0 Å². The summed E-state index contributed by atoms with van der Waals surface area (Å²) >= 11 is 0. The normalized spacial score (nSPS) is 11.1.